The van der Waals surface area contributed by atoms with E-state index in [2.05, 4.69) is 10.0 Å². The van der Waals surface area contributed by atoms with Crippen LogP contribution in [0, 0.1) is 0 Å². The van der Waals surface area contributed by atoms with Crippen LogP contribution in [0.25, 0.3) is 16.5 Å². The number of carbonyl (C=O) groups excluding carboxylic acids is 1. The molecule has 10 heteroatoms. The number of amides is 1. The highest BCUT2D eigenvalue weighted by Crippen LogP contribution is 2.25. The second-order valence-electron chi connectivity index (χ2n) is 9.20. The fraction of sp³-hybridized carbons (Fsp3) is 0.214. The molecule has 1 fully saturated rings. The van der Waals surface area contributed by atoms with Crippen LogP contribution in [0.5, 0.6) is 0 Å². The maximum Gasteiger partial charge on any atom is 0.255 e. The molecule has 2 N–H and O–H groups in total. The van der Waals surface area contributed by atoms with Gasteiger partial charge in [-0.05, 0) is 78.2 Å². The maximum atomic E-state index is 13.2. The molecule has 7 nitrogen and oxygen atoms in total. The van der Waals surface area contributed by atoms with Gasteiger partial charge in [0.2, 0.25) is 10.0 Å². The van der Waals surface area contributed by atoms with Crippen LogP contribution in [0.2, 0.25) is 5.02 Å². The number of halogens is 1. The largest absolute Gasteiger partial charge is 0.348 e. The molecule has 0 unspecified atom stereocenters. The van der Waals surface area contributed by atoms with Crippen LogP contribution in [0.3, 0.4) is 0 Å². The zero-order valence-electron chi connectivity index (χ0n) is 20.4. The predicted octanol–water partition coefficient (Wildman–Crippen LogP) is 4.78. The molecule has 4 aromatic rings. The van der Waals surface area contributed by atoms with E-state index in [-0.39, 0.29) is 35.9 Å². The molecule has 1 saturated carbocycles. The van der Waals surface area contributed by atoms with Crippen LogP contribution in [0.4, 0.5) is 0 Å². The first-order valence-electron chi connectivity index (χ1n) is 12.1. The van der Waals surface area contributed by atoms with Gasteiger partial charge in [-0.1, -0.05) is 42.6 Å². The number of sulfonamides is 1. The average Bonchev–Trinajstić information content (AvgIpc) is 2.89. The Bertz CT molecular complexity index is 1620. The molecule has 1 aliphatic rings. The number of pyridine rings is 1. The summed E-state index contributed by atoms with van der Waals surface area (Å²) in [5, 5.41) is 5.24. The number of carbonyl (C=O) groups is 1. The van der Waals surface area contributed by atoms with E-state index in [9.17, 15) is 18.0 Å². The third-order valence-electron chi connectivity index (χ3n) is 6.70. The summed E-state index contributed by atoms with van der Waals surface area (Å²) >= 11 is 6.04. The van der Waals surface area contributed by atoms with Gasteiger partial charge in [-0.3, -0.25) is 14.2 Å². The van der Waals surface area contributed by atoms with Gasteiger partial charge in [0.1, 0.15) is 0 Å². The molecule has 3 aromatic carbocycles. The van der Waals surface area contributed by atoms with Crippen LogP contribution in [-0.4, -0.2) is 31.0 Å². The molecule has 0 spiro atoms. The maximum absolute atomic E-state index is 13.2. The number of fused-ring (bicyclic) bond motifs is 1. The van der Waals surface area contributed by atoms with Crippen molar-refractivity contribution in [2.24, 2.45) is 0 Å². The van der Waals surface area contributed by atoms with Crippen LogP contribution >= 0.6 is 25.1 Å². The van der Waals surface area contributed by atoms with Crippen molar-refractivity contribution in [3.63, 3.8) is 0 Å². The first-order valence-corrected chi connectivity index (χ1v) is 14.0. The van der Waals surface area contributed by atoms with Gasteiger partial charge in [0.25, 0.3) is 11.5 Å². The van der Waals surface area contributed by atoms with E-state index < -0.39 is 16.1 Å². The van der Waals surface area contributed by atoms with E-state index in [1.165, 1.54) is 10.6 Å². The van der Waals surface area contributed by atoms with E-state index in [4.69, 9.17) is 11.6 Å². The van der Waals surface area contributed by atoms with Gasteiger partial charge in [0, 0.05) is 40.6 Å². The van der Waals surface area contributed by atoms with E-state index >= 15 is 0 Å². The number of rotatable bonds is 6. The summed E-state index contributed by atoms with van der Waals surface area (Å²) in [6, 6.07) is 21.1. The minimum Gasteiger partial charge on any atom is -0.348 e. The second kappa shape index (κ2) is 11.7. The van der Waals surface area contributed by atoms with Gasteiger partial charge in [-0.15, -0.1) is 0 Å². The number of nitrogens with zero attached hydrogens (tertiary/aromatic N) is 1. The van der Waals surface area contributed by atoms with Crippen LogP contribution in [0.15, 0.2) is 94.7 Å². The quantitative estimate of drug-likeness (QED) is 0.349. The summed E-state index contributed by atoms with van der Waals surface area (Å²) in [7, 11) is -3.80. The molecule has 0 radical (unpaired) electrons. The summed E-state index contributed by atoms with van der Waals surface area (Å²) in [6.07, 6.45) is 4.74. The van der Waals surface area contributed by atoms with Crippen LogP contribution in [-0.2, 0) is 10.0 Å². The fourth-order valence-corrected chi connectivity index (χ4v) is 6.27. The predicted molar refractivity (Wildman–Crippen MR) is 155 cm³/mol. The van der Waals surface area contributed by atoms with Crippen molar-refractivity contribution in [3.8, 4) is 5.69 Å². The molecular formula is C28H28ClN3O4S2. The van der Waals surface area contributed by atoms with Gasteiger partial charge < -0.3 is 5.32 Å². The van der Waals surface area contributed by atoms with E-state index in [1.54, 1.807) is 79.0 Å². The lowest BCUT2D eigenvalue weighted by atomic mass is 9.91. The molecule has 0 saturated heterocycles. The van der Waals surface area contributed by atoms with Crippen molar-refractivity contribution in [2.45, 2.75) is 42.7 Å². The summed E-state index contributed by atoms with van der Waals surface area (Å²) in [4.78, 5) is 25.2. The van der Waals surface area contributed by atoms with E-state index in [0.29, 0.717) is 29.1 Å². The zero-order valence-corrected chi connectivity index (χ0v) is 23.0. The lowest BCUT2D eigenvalue weighted by Crippen LogP contribution is -2.53. The van der Waals surface area contributed by atoms with Gasteiger partial charge in [0.15, 0.2) is 0 Å². The van der Waals surface area contributed by atoms with Crippen molar-refractivity contribution in [3.05, 3.63) is 106 Å². The Morgan fingerprint density at radius 1 is 0.868 bits per heavy atom. The molecule has 0 bridgehead atoms. The molecule has 1 heterocycles. The Morgan fingerprint density at radius 3 is 2.29 bits per heavy atom. The number of hydrogen-bond acceptors (Lipinski definition) is 4. The highest BCUT2D eigenvalue weighted by Gasteiger charge is 2.31. The molecule has 1 aliphatic carbocycles. The third kappa shape index (κ3) is 6.13. The molecular weight excluding hydrogens is 542 g/mol. The lowest BCUT2D eigenvalue weighted by molar-refractivity contribution is 0.0918. The number of aromatic nitrogens is 1. The average molecular weight is 570 g/mol. The zero-order chi connectivity index (χ0) is 26.0. The minimum absolute atomic E-state index is 0. The number of nitrogens with one attached hydrogen (secondary N) is 2. The van der Waals surface area contributed by atoms with E-state index in [1.807, 2.05) is 0 Å². The summed E-state index contributed by atoms with van der Waals surface area (Å²) in [6.45, 7) is 0. The highest BCUT2D eigenvalue weighted by atomic mass is 35.5. The Kier molecular flexibility index (Phi) is 8.62. The number of hydrogen-bond donors (Lipinski definition) is 2. The Balaban J connectivity index is 0.00000336. The smallest absolute Gasteiger partial charge is 0.255 e. The minimum atomic E-state index is -3.80. The van der Waals surface area contributed by atoms with Crippen molar-refractivity contribution in [2.75, 3.05) is 0 Å². The fourth-order valence-electron chi connectivity index (χ4n) is 4.74. The monoisotopic (exact) mass is 569 g/mol. The Hall–Kier alpha value is -3.11. The standard InChI is InChI=1S/C28H26ClN3O4S.H2S/c29-22-12-8-21-18-24(15-11-20(21)17-22)37(35,36)31-26-6-2-1-5-25(26)30-28(34)19-9-13-23(14-10-19)32-16-4-3-7-27(32)33;/h3-4,7-18,25-26,31H,1-2,5-6H2,(H,30,34);1H2/t25-,26+;/m0./s1. The van der Waals surface area contributed by atoms with Gasteiger partial charge in [-0.2, -0.15) is 13.5 Å². The first kappa shape index (κ1) is 27.9. The lowest BCUT2D eigenvalue weighted by Gasteiger charge is -2.32. The van der Waals surface area contributed by atoms with Crippen molar-refractivity contribution >= 4 is 51.8 Å². The summed E-state index contributed by atoms with van der Waals surface area (Å²) < 4.78 is 30.8. The van der Waals surface area contributed by atoms with E-state index in [0.717, 1.165) is 23.6 Å². The van der Waals surface area contributed by atoms with Crippen molar-refractivity contribution in [1.82, 2.24) is 14.6 Å². The molecule has 1 aromatic heterocycles. The molecule has 0 aliphatic heterocycles. The van der Waals surface area contributed by atoms with Crippen LogP contribution < -0.4 is 15.6 Å². The van der Waals surface area contributed by atoms with Crippen molar-refractivity contribution in [1.29, 1.82) is 0 Å². The van der Waals surface area contributed by atoms with Gasteiger partial charge in [-0.25, -0.2) is 13.1 Å². The Labute approximate surface area is 233 Å². The molecule has 38 heavy (non-hydrogen) atoms. The van der Waals surface area contributed by atoms with Crippen molar-refractivity contribution < 1.29 is 13.2 Å². The highest BCUT2D eigenvalue weighted by molar-refractivity contribution is 7.89. The molecule has 1 amide bonds. The normalized spacial score (nSPS) is 17.5. The summed E-state index contributed by atoms with van der Waals surface area (Å²) in [5.74, 6) is -0.286. The molecule has 198 valence electrons. The SMILES string of the molecule is O=C(N[C@H]1CCCC[C@H]1NS(=O)(=O)c1ccc2cc(Cl)ccc2c1)c1ccc(-n2ccccc2=O)cc1.S. The molecule has 2 atom stereocenters. The van der Waals surface area contributed by atoms with Gasteiger partial charge >= 0.3 is 0 Å². The molecule has 5 rings (SSSR count). The summed E-state index contributed by atoms with van der Waals surface area (Å²) in [5.41, 5.74) is 0.934. The third-order valence-corrected chi connectivity index (χ3v) is 8.43. The van der Waals surface area contributed by atoms with Crippen LogP contribution in [0.1, 0.15) is 36.0 Å². The number of benzene rings is 3. The second-order valence-corrected chi connectivity index (χ2v) is 11.4. The first-order chi connectivity index (χ1) is 17.8. The topological polar surface area (TPSA) is 97.3 Å². The van der Waals surface area contributed by atoms with Gasteiger partial charge in [0.05, 0.1) is 4.90 Å². The Morgan fingerprint density at radius 2 is 1.55 bits per heavy atom.